The third kappa shape index (κ3) is 10.2. The summed E-state index contributed by atoms with van der Waals surface area (Å²) in [5.74, 6) is -2.61. The topological polar surface area (TPSA) is 137 Å². The fraction of sp³-hybridized carbons (Fsp3) is 0.355. The maximum atomic E-state index is 13.3. The third-order valence-electron chi connectivity index (χ3n) is 7.19. The molecule has 10 nitrogen and oxygen atoms in total. The Morgan fingerprint density at radius 2 is 1.68 bits per heavy atom. The van der Waals surface area contributed by atoms with Gasteiger partial charge in [0.25, 0.3) is 5.91 Å². The van der Waals surface area contributed by atoms with Crippen molar-refractivity contribution < 1.29 is 50.9 Å². The molecule has 0 unspecified atom stereocenters. The number of ether oxygens (including phenoxy) is 1. The van der Waals surface area contributed by atoms with Gasteiger partial charge >= 0.3 is 12.4 Å². The number of alkyl halides is 6. The van der Waals surface area contributed by atoms with E-state index in [1.54, 1.807) is 30.3 Å². The normalized spacial score (nSPS) is 15.4. The van der Waals surface area contributed by atoms with Gasteiger partial charge in [0.2, 0.25) is 11.9 Å². The molecule has 3 aromatic rings. The van der Waals surface area contributed by atoms with Crippen molar-refractivity contribution in [3.8, 4) is 0 Å². The summed E-state index contributed by atoms with van der Waals surface area (Å²) >= 11 is 0. The van der Waals surface area contributed by atoms with E-state index in [2.05, 4.69) is 20.6 Å². The molecule has 0 radical (unpaired) electrons. The zero-order valence-corrected chi connectivity index (χ0v) is 24.6. The van der Waals surface area contributed by atoms with Gasteiger partial charge < -0.3 is 30.5 Å². The molecule has 2 aromatic carbocycles. The molecule has 4 N–H and O–H groups in total. The van der Waals surface area contributed by atoms with Gasteiger partial charge in [-0.05, 0) is 48.2 Å². The summed E-state index contributed by atoms with van der Waals surface area (Å²) in [6.45, 7) is -0.0708. The van der Waals surface area contributed by atoms with Crippen LogP contribution in [0.25, 0.3) is 6.08 Å². The number of nitrogens with zero attached hydrogens (tertiary/aromatic N) is 3. The number of anilines is 1. The standard InChI is InChI=1S/C31H31F6N5O5/c32-30(33,34)22-8-4-7-20(15-22)16-23(27(44)40-24(28(45)46)18-47-17-19-5-2-1-3-6-19)39-26(43)21-10-13-42(14-11-21)29-38-12-9-25(41-29)31(35,36)37/h1-9,12,15-16,21,24,28,45-46H,10-11,13-14,17-18H2,(H,39,43)(H,40,44)/b23-16+/t24-/m1/s1. The minimum atomic E-state index is -4.69. The average molecular weight is 668 g/mol. The van der Waals surface area contributed by atoms with Gasteiger partial charge in [0, 0.05) is 25.2 Å². The summed E-state index contributed by atoms with van der Waals surface area (Å²) in [5.41, 5.74) is -1.91. The van der Waals surface area contributed by atoms with Crippen LogP contribution in [0.15, 0.2) is 72.6 Å². The van der Waals surface area contributed by atoms with E-state index >= 15 is 0 Å². The van der Waals surface area contributed by atoms with Crippen molar-refractivity contribution in [2.24, 2.45) is 5.92 Å². The lowest BCUT2D eigenvalue weighted by Crippen LogP contribution is -2.49. The summed E-state index contributed by atoms with van der Waals surface area (Å²) in [7, 11) is 0. The summed E-state index contributed by atoms with van der Waals surface area (Å²) in [6, 6.07) is 12.2. The minimum Gasteiger partial charge on any atom is -0.374 e. The van der Waals surface area contributed by atoms with Crippen LogP contribution in [-0.2, 0) is 33.3 Å². The maximum absolute atomic E-state index is 13.3. The Bertz CT molecular complexity index is 1540. The van der Waals surface area contributed by atoms with Crippen LogP contribution in [0.3, 0.4) is 0 Å². The Hall–Kier alpha value is -4.54. The molecule has 1 aromatic heterocycles. The number of hydrogen-bond donors (Lipinski definition) is 4. The molecular weight excluding hydrogens is 636 g/mol. The molecule has 1 aliphatic rings. The number of aliphatic hydroxyl groups is 2. The van der Waals surface area contributed by atoms with Crippen LogP contribution in [0.1, 0.15) is 35.2 Å². The lowest BCUT2D eigenvalue weighted by Gasteiger charge is -2.31. The predicted molar refractivity (Wildman–Crippen MR) is 156 cm³/mol. The van der Waals surface area contributed by atoms with Crippen molar-refractivity contribution >= 4 is 23.8 Å². The van der Waals surface area contributed by atoms with Gasteiger partial charge in [0.05, 0.1) is 18.8 Å². The average Bonchev–Trinajstić information content (AvgIpc) is 3.04. The number of amides is 2. The molecule has 1 atom stereocenters. The number of aliphatic hydroxyl groups excluding tert-OH is 1. The first-order chi connectivity index (χ1) is 22.2. The number of aromatic nitrogens is 2. The molecule has 0 saturated carbocycles. The lowest BCUT2D eigenvalue weighted by atomic mass is 9.96. The first-order valence-corrected chi connectivity index (χ1v) is 14.3. The van der Waals surface area contributed by atoms with Gasteiger partial charge in [-0.25, -0.2) is 9.97 Å². The summed E-state index contributed by atoms with van der Waals surface area (Å²) < 4.78 is 84.8. The zero-order valence-electron chi connectivity index (χ0n) is 24.6. The first-order valence-electron chi connectivity index (χ1n) is 14.3. The molecule has 252 valence electrons. The number of piperidine rings is 1. The molecule has 4 rings (SSSR count). The van der Waals surface area contributed by atoms with E-state index in [0.717, 1.165) is 42.1 Å². The Labute approximate surface area is 265 Å². The molecule has 47 heavy (non-hydrogen) atoms. The van der Waals surface area contributed by atoms with Crippen molar-refractivity contribution in [3.63, 3.8) is 0 Å². The molecule has 1 saturated heterocycles. The smallest absolute Gasteiger partial charge is 0.374 e. The van der Waals surface area contributed by atoms with Crippen LogP contribution in [-0.4, -0.2) is 64.0 Å². The highest BCUT2D eigenvalue weighted by Crippen LogP contribution is 2.31. The molecule has 2 heterocycles. The largest absolute Gasteiger partial charge is 0.433 e. The van der Waals surface area contributed by atoms with E-state index in [0.29, 0.717) is 0 Å². The van der Waals surface area contributed by atoms with Crippen molar-refractivity contribution in [1.29, 1.82) is 0 Å². The molecular formula is C31H31F6N5O5. The molecule has 2 amide bonds. The Balaban J connectivity index is 1.48. The monoisotopic (exact) mass is 667 g/mol. The first kappa shape index (κ1) is 35.3. The quantitative estimate of drug-likeness (QED) is 0.137. The van der Waals surface area contributed by atoms with Crippen molar-refractivity contribution in [1.82, 2.24) is 20.6 Å². The van der Waals surface area contributed by atoms with Crippen LogP contribution < -0.4 is 15.5 Å². The fourth-order valence-electron chi connectivity index (χ4n) is 4.69. The van der Waals surface area contributed by atoms with Gasteiger partial charge in [-0.15, -0.1) is 0 Å². The van der Waals surface area contributed by atoms with Crippen LogP contribution >= 0.6 is 0 Å². The number of halogens is 6. The van der Waals surface area contributed by atoms with Crippen molar-refractivity contribution in [2.45, 2.75) is 44.1 Å². The molecule has 1 fully saturated rings. The molecule has 1 aliphatic heterocycles. The number of benzene rings is 2. The van der Waals surface area contributed by atoms with E-state index < -0.39 is 59.4 Å². The Morgan fingerprint density at radius 1 is 0.979 bits per heavy atom. The van der Waals surface area contributed by atoms with Crippen LogP contribution in [0.4, 0.5) is 32.3 Å². The Kier molecular flexibility index (Phi) is 11.5. The summed E-state index contributed by atoms with van der Waals surface area (Å²) in [5, 5.41) is 24.5. The third-order valence-corrected chi connectivity index (χ3v) is 7.19. The minimum absolute atomic E-state index is 0.0772. The Morgan fingerprint density at radius 3 is 2.32 bits per heavy atom. The van der Waals surface area contributed by atoms with Gasteiger partial charge in [0.1, 0.15) is 17.4 Å². The second-order valence-corrected chi connectivity index (χ2v) is 10.7. The summed E-state index contributed by atoms with van der Waals surface area (Å²) in [6.07, 6.45) is -9.18. The predicted octanol–water partition coefficient (Wildman–Crippen LogP) is 3.90. The van der Waals surface area contributed by atoms with Gasteiger partial charge in [-0.3, -0.25) is 9.59 Å². The van der Waals surface area contributed by atoms with Crippen molar-refractivity contribution in [3.05, 3.63) is 94.9 Å². The number of carbonyl (C=O) groups excluding carboxylic acids is 2. The summed E-state index contributed by atoms with van der Waals surface area (Å²) in [4.78, 5) is 35.5. The molecule has 16 heteroatoms. The van der Waals surface area contributed by atoms with Gasteiger partial charge in [-0.1, -0.05) is 42.5 Å². The van der Waals surface area contributed by atoms with Crippen LogP contribution in [0.5, 0.6) is 0 Å². The van der Waals surface area contributed by atoms with Crippen LogP contribution in [0.2, 0.25) is 0 Å². The number of rotatable bonds is 11. The van der Waals surface area contributed by atoms with Gasteiger partial charge in [-0.2, -0.15) is 26.3 Å². The number of hydrogen-bond acceptors (Lipinski definition) is 8. The number of carbonyl (C=O) groups is 2. The van der Waals surface area contributed by atoms with Gasteiger partial charge in [0.15, 0.2) is 6.29 Å². The lowest BCUT2D eigenvalue weighted by molar-refractivity contribution is -0.141. The highest BCUT2D eigenvalue weighted by molar-refractivity contribution is 6.01. The van der Waals surface area contributed by atoms with E-state index in [1.807, 2.05) is 0 Å². The van der Waals surface area contributed by atoms with E-state index in [-0.39, 0.29) is 50.7 Å². The zero-order chi connectivity index (χ0) is 34.2. The van der Waals surface area contributed by atoms with E-state index in [4.69, 9.17) is 4.74 Å². The van der Waals surface area contributed by atoms with Crippen LogP contribution in [0, 0.1) is 5.92 Å². The molecule has 0 aliphatic carbocycles. The second-order valence-electron chi connectivity index (χ2n) is 10.7. The van der Waals surface area contributed by atoms with E-state index in [9.17, 15) is 46.1 Å². The molecule has 0 spiro atoms. The maximum Gasteiger partial charge on any atom is 0.433 e. The highest BCUT2D eigenvalue weighted by atomic mass is 19.4. The van der Waals surface area contributed by atoms with Crippen molar-refractivity contribution in [2.75, 3.05) is 24.6 Å². The second kappa shape index (κ2) is 15.4. The highest BCUT2D eigenvalue weighted by Gasteiger charge is 2.35. The SMILES string of the molecule is O=C(N[C@H](COCc1ccccc1)C(O)O)/C(=C\c1cccc(C(F)(F)F)c1)NC(=O)C1CCN(c2nccc(C(F)(F)F)n2)CC1. The fourth-order valence-corrected chi connectivity index (χ4v) is 4.69. The number of nitrogens with one attached hydrogen (secondary N) is 2. The van der Waals surface area contributed by atoms with E-state index in [1.165, 1.54) is 11.0 Å². The molecule has 0 bridgehead atoms.